The Balaban J connectivity index is 1.93. The van der Waals surface area contributed by atoms with Gasteiger partial charge in [-0.3, -0.25) is 0 Å². The van der Waals surface area contributed by atoms with Crippen molar-refractivity contribution >= 4 is 30.2 Å². The van der Waals surface area contributed by atoms with Gasteiger partial charge in [-0.2, -0.15) is 0 Å². The van der Waals surface area contributed by atoms with E-state index in [0.29, 0.717) is 17.7 Å². The molecule has 0 bridgehead atoms. The van der Waals surface area contributed by atoms with Gasteiger partial charge in [0, 0.05) is 0 Å². The molecule has 0 atom stereocenters. The number of hydrogen-bond acceptors (Lipinski definition) is 2. The van der Waals surface area contributed by atoms with Gasteiger partial charge >= 0.3 is 182 Å². The second-order valence-electron chi connectivity index (χ2n) is 8.53. The molecule has 3 nitrogen and oxygen atoms in total. The van der Waals surface area contributed by atoms with Crippen LogP contribution in [0.15, 0.2) is 34.4 Å². The van der Waals surface area contributed by atoms with Crippen molar-refractivity contribution in [1.29, 1.82) is 0 Å². The minimum atomic E-state index is -2.21. The Hall–Kier alpha value is -1.10. The Morgan fingerprint density at radius 1 is 0.793 bits per heavy atom. The molecule has 1 aliphatic heterocycles. The third kappa shape index (κ3) is 6.70. The quantitative estimate of drug-likeness (QED) is 0.155. The van der Waals surface area contributed by atoms with Gasteiger partial charge in [-0.1, -0.05) is 0 Å². The zero-order chi connectivity index (χ0) is 21.1. The zero-order valence-corrected chi connectivity index (χ0v) is 21.6. The fraction of sp³-hybridized carbons (Fsp3) is 0.600. The van der Waals surface area contributed by atoms with Gasteiger partial charge in [0.1, 0.15) is 0 Å². The minimum absolute atomic E-state index is 0.128. The van der Waals surface area contributed by atoms with E-state index in [1.165, 1.54) is 56.7 Å². The standard InChI is InChI=1S/C13H12NO2.3C4H9.Sn/c1-2-3-6-9-14-12(15)10-7-4-5-8-11(10)13(14)16;3*1-3-4-2;/h1-2,4-5,7-8H,3,6,9H2;3*1,3-4H2,2H3;. The fourth-order valence-corrected chi connectivity index (χ4v) is 18.9. The number of unbranched alkanes of at least 4 members (excludes halogenated alkanes) is 4. The SMILES string of the molecule is CCC[CH2][Sn](/[CH]=C/CCCN1C(=O)c2ccccc2C1=O)([CH2]CCC)[CH2]CCC. The Morgan fingerprint density at radius 3 is 1.72 bits per heavy atom. The van der Waals surface area contributed by atoms with Gasteiger partial charge in [-0.05, 0) is 0 Å². The number of rotatable bonds is 14. The molecular formula is C25H39NO2Sn. The van der Waals surface area contributed by atoms with E-state index in [-0.39, 0.29) is 11.8 Å². The van der Waals surface area contributed by atoms with Gasteiger partial charge in [-0.25, -0.2) is 0 Å². The third-order valence-electron chi connectivity index (χ3n) is 6.19. The molecule has 0 fully saturated rings. The Labute approximate surface area is 181 Å². The van der Waals surface area contributed by atoms with Crippen molar-refractivity contribution in [1.82, 2.24) is 4.90 Å². The monoisotopic (exact) mass is 505 g/mol. The maximum absolute atomic E-state index is 12.5. The first-order chi connectivity index (χ1) is 14.1. The molecule has 0 N–H and O–H groups in total. The molecular weight excluding hydrogens is 465 g/mol. The van der Waals surface area contributed by atoms with Crippen molar-refractivity contribution in [2.75, 3.05) is 6.54 Å². The van der Waals surface area contributed by atoms with Gasteiger partial charge in [0.2, 0.25) is 0 Å². The Morgan fingerprint density at radius 2 is 1.28 bits per heavy atom. The summed E-state index contributed by atoms with van der Waals surface area (Å²) >= 11 is -2.21. The molecule has 29 heavy (non-hydrogen) atoms. The molecule has 0 aliphatic carbocycles. The number of amides is 2. The first-order valence-electron chi connectivity index (χ1n) is 11.7. The van der Waals surface area contributed by atoms with E-state index in [4.69, 9.17) is 0 Å². The van der Waals surface area contributed by atoms with E-state index in [1.54, 1.807) is 12.1 Å². The molecule has 0 aromatic heterocycles. The molecule has 0 spiro atoms. The van der Waals surface area contributed by atoms with Crippen LogP contribution in [0.5, 0.6) is 0 Å². The molecule has 1 aromatic carbocycles. The van der Waals surface area contributed by atoms with Crippen molar-refractivity contribution in [3.63, 3.8) is 0 Å². The molecule has 0 saturated heterocycles. The predicted octanol–water partition coefficient (Wildman–Crippen LogP) is 7.01. The molecule has 160 valence electrons. The van der Waals surface area contributed by atoms with Crippen LogP contribution in [0.25, 0.3) is 0 Å². The van der Waals surface area contributed by atoms with E-state index in [9.17, 15) is 9.59 Å². The van der Waals surface area contributed by atoms with Gasteiger partial charge < -0.3 is 0 Å². The van der Waals surface area contributed by atoms with Crippen LogP contribution in [0.3, 0.4) is 0 Å². The summed E-state index contributed by atoms with van der Waals surface area (Å²) in [6, 6.07) is 7.17. The van der Waals surface area contributed by atoms with E-state index < -0.39 is 18.4 Å². The summed E-state index contributed by atoms with van der Waals surface area (Å²) in [5.41, 5.74) is 1.11. The molecule has 1 aliphatic rings. The second kappa shape index (κ2) is 12.6. The average molecular weight is 504 g/mol. The van der Waals surface area contributed by atoms with Gasteiger partial charge in [0.15, 0.2) is 0 Å². The summed E-state index contributed by atoms with van der Waals surface area (Å²) < 4.78 is 7.15. The number of allylic oxidation sites excluding steroid dienone is 1. The van der Waals surface area contributed by atoms with E-state index in [0.717, 1.165) is 12.8 Å². The second-order valence-corrected chi connectivity index (χ2v) is 21.5. The molecule has 0 saturated carbocycles. The number of benzene rings is 1. The Bertz CT molecular complexity index is 641. The van der Waals surface area contributed by atoms with Crippen molar-refractivity contribution in [3.05, 3.63) is 45.6 Å². The van der Waals surface area contributed by atoms with Crippen molar-refractivity contribution in [3.8, 4) is 0 Å². The van der Waals surface area contributed by atoms with Crippen LogP contribution in [0.1, 0.15) is 92.9 Å². The van der Waals surface area contributed by atoms with Crippen molar-refractivity contribution in [2.24, 2.45) is 0 Å². The molecule has 1 heterocycles. The summed E-state index contributed by atoms with van der Waals surface area (Å²) in [5, 5.41) is 0. The van der Waals surface area contributed by atoms with Gasteiger partial charge in [0.05, 0.1) is 0 Å². The number of hydrogen-bond donors (Lipinski definition) is 0. The summed E-state index contributed by atoms with van der Waals surface area (Å²) in [5.74, 6) is -0.256. The van der Waals surface area contributed by atoms with Crippen LogP contribution in [0.4, 0.5) is 0 Å². The van der Waals surface area contributed by atoms with Crippen molar-refractivity contribution in [2.45, 2.75) is 85.4 Å². The topological polar surface area (TPSA) is 37.4 Å². The van der Waals surface area contributed by atoms with Crippen LogP contribution in [-0.2, 0) is 0 Å². The molecule has 0 unspecified atom stereocenters. The first-order valence-corrected chi connectivity index (χ1v) is 19.4. The number of imide groups is 1. The third-order valence-corrected chi connectivity index (χ3v) is 20.4. The molecule has 0 radical (unpaired) electrons. The van der Waals surface area contributed by atoms with Crippen LogP contribution < -0.4 is 0 Å². The molecule has 1 aromatic rings. The number of fused-ring (bicyclic) bond motifs is 1. The summed E-state index contributed by atoms with van der Waals surface area (Å²) in [6.45, 7) is 7.45. The van der Waals surface area contributed by atoms with Gasteiger partial charge in [-0.15, -0.1) is 0 Å². The maximum atomic E-state index is 12.5. The first kappa shape index (κ1) is 24.2. The summed E-state index contributed by atoms with van der Waals surface area (Å²) in [6.07, 6.45) is 12.3. The molecule has 4 heteroatoms. The number of carbonyl (C=O) groups is 2. The van der Waals surface area contributed by atoms with Crippen LogP contribution in [-0.4, -0.2) is 41.6 Å². The Kier molecular flexibility index (Phi) is 10.5. The van der Waals surface area contributed by atoms with E-state index >= 15 is 0 Å². The average Bonchev–Trinajstić information content (AvgIpc) is 2.99. The normalized spacial score (nSPS) is 14.2. The van der Waals surface area contributed by atoms with Crippen molar-refractivity contribution < 1.29 is 9.59 Å². The van der Waals surface area contributed by atoms with Crippen LogP contribution in [0, 0.1) is 0 Å². The number of carbonyl (C=O) groups excluding carboxylic acids is 2. The summed E-state index contributed by atoms with van der Waals surface area (Å²) in [7, 11) is 0. The van der Waals surface area contributed by atoms with Gasteiger partial charge in [0.25, 0.3) is 0 Å². The van der Waals surface area contributed by atoms with E-state index in [2.05, 4.69) is 30.9 Å². The zero-order valence-electron chi connectivity index (χ0n) is 18.7. The summed E-state index contributed by atoms with van der Waals surface area (Å²) in [4.78, 5) is 26.4. The fourth-order valence-electron chi connectivity index (χ4n) is 4.35. The molecule has 2 amide bonds. The van der Waals surface area contributed by atoms with E-state index in [1.807, 2.05) is 12.1 Å². The molecule has 2 rings (SSSR count). The number of nitrogens with zero attached hydrogens (tertiary/aromatic N) is 1. The van der Waals surface area contributed by atoms with Crippen LogP contribution >= 0.6 is 0 Å². The van der Waals surface area contributed by atoms with Crippen LogP contribution in [0.2, 0.25) is 13.3 Å². The predicted molar refractivity (Wildman–Crippen MR) is 125 cm³/mol.